The monoisotopic (exact) mass is 346 g/mol. The summed E-state index contributed by atoms with van der Waals surface area (Å²) in [7, 11) is 3.07. The molecule has 24 heavy (non-hydrogen) atoms. The lowest BCUT2D eigenvalue weighted by Crippen LogP contribution is -2.50. The number of ether oxygens (including phenoxy) is 2. The molecule has 0 saturated carbocycles. The fourth-order valence-corrected chi connectivity index (χ4v) is 2.61. The SMILES string of the molecule is COC1(CNC(=O)N(C)Cc2cc(F)c(F)c(F)c2)CCOCC1. The van der Waals surface area contributed by atoms with Crippen LogP contribution in [0, 0.1) is 17.5 Å². The topological polar surface area (TPSA) is 50.8 Å². The predicted molar refractivity (Wildman–Crippen MR) is 81.0 cm³/mol. The smallest absolute Gasteiger partial charge is 0.317 e. The molecule has 2 amide bonds. The predicted octanol–water partition coefficient (Wildman–Crippen LogP) is 2.44. The van der Waals surface area contributed by atoms with Crippen LogP contribution in [0.15, 0.2) is 12.1 Å². The summed E-state index contributed by atoms with van der Waals surface area (Å²) in [5.41, 5.74) is -0.306. The van der Waals surface area contributed by atoms with Gasteiger partial charge in [-0.2, -0.15) is 0 Å². The minimum atomic E-state index is -1.52. The first-order valence-corrected chi connectivity index (χ1v) is 7.62. The average molecular weight is 346 g/mol. The van der Waals surface area contributed by atoms with Gasteiger partial charge in [-0.15, -0.1) is 0 Å². The number of hydrogen-bond donors (Lipinski definition) is 1. The molecule has 1 saturated heterocycles. The molecule has 8 heteroatoms. The molecular formula is C16H21F3N2O3. The number of hydrogen-bond acceptors (Lipinski definition) is 3. The average Bonchev–Trinajstić information content (AvgIpc) is 2.58. The fraction of sp³-hybridized carbons (Fsp3) is 0.562. The molecule has 1 fully saturated rings. The van der Waals surface area contributed by atoms with Crippen LogP contribution in [0.3, 0.4) is 0 Å². The summed E-state index contributed by atoms with van der Waals surface area (Å²) >= 11 is 0. The molecule has 1 aromatic rings. The quantitative estimate of drug-likeness (QED) is 0.833. The van der Waals surface area contributed by atoms with Crippen molar-refractivity contribution in [1.29, 1.82) is 0 Å². The van der Waals surface area contributed by atoms with Crippen LogP contribution < -0.4 is 5.32 Å². The van der Waals surface area contributed by atoms with E-state index in [9.17, 15) is 18.0 Å². The number of amides is 2. The second-order valence-corrected chi connectivity index (χ2v) is 5.89. The first-order valence-electron chi connectivity index (χ1n) is 7.62. The number of nitrogens with zero attached hydrogens (tertiary/aromatic N) is 1. The number of benzene rings is 1. The van der Waals surface area contributed by atoms with Gasteiger partial charge in [-0.05, 0) is 17.7 Å². The van der Waals surface area contributed by atoms with Crippen LogP contribution >= 0.6 is 0 Å². The molecular weight excluding hydrogens is 325 g/mol. The van der Waals surface area contributed by atoms with Crippen molar-refractivity contribution in [3.05, 3.63) is 35.1 Å². The van der Waals surface area contributed by atoms with Crippen LogP contribution in [0.4, 0.5) is 18.0 Å². The van der Waals surface area contributed by atoms with E-state index in [1.54, 1.807) is 7.11 Å². The summed E-state index contributed by atoms with van der Waals surface area (Å²) < 4.78 is 50.2. The zero-order valence-corrected chi connectivity index (χ0v) is 13.7. The van der Waals surface area contributed by atoms with E-state index in [1.165, 1.54) is 11.9 Å². The number of nitrogens with one attached hydrogen (secondary N) is 1. The number of methoxy groups -OCH3 is 1. The summed E-state index contributed by atoms with van der Waals surface area (Å²) in [6.45, 7) is 1.38. The van der Waals surface area contributed by atoms with Gasteiger partial charge in [-0.3, -0.25) is 0 Å². The highest BCUT2D eigenvalue weighted by molar-refractivity contribution is 5.73. The van der Waals surface area contributed by atoms with Crippen molar-refractivity contribution in [3.8, 4) is 0 Å². The van der Waals surface area contributed by atoms with Gasteiger partial charge < -0.3 is 19.7 Å². The highest BCUT2D eigenvalue weighted by Crippen LogP contribution is 2.23. The Morgan fingerprint density at radius 2 is 1.88 bits per heavy atom. The zero-order chi connectivity index (χ0) is 17.7. The second-order valence-electron chi connectivity index (χ2n) is 5.89. The van der Waals surface area contributed by atoms with Crippen molar-refractivity contribution < 1.29 is 27.4 Å². The molecule has 1 aliphatic rings. The molecule has 1 aliphatic heterocycles. The zero-order valence-electron chi connectivity index (χ0n) is 13.7. The number of halogens is 3. The van der Waals surface area contributed by atoms with Crippen LogP contribution in [0.5, 0.6) is 0 Å². The van der Waals surface area contributed by atoms with Gasteiger partial charge in [0.15, 0.2) is 17.5 Å². The van der Waals surface area contributed by atoms with E-state index in [1.807, 2.05) is 0 Å². The lowest BCUT2D eigenvalue weighted by molar-refractivity contribution is -0.0864. The number of urea groups is 1. The third-order valence-electron chi connectivity index (χ3n) is 4.21. The molecule has 0 atom stereocenters. The molecule has 1 N–H and O–H groups in total. The van der Waals surface area contributed by atoms with E-state index >= 15 is 0 Å². The number of carbonyl (C=O) groups is 1. The molecule has 1 aromatic carbocycles. The molecule has 0 aliphatic carbocycles. The molecule has 0 spiro atoms. The molecule has 5 nitrogen and oxygen atoms in total. The largest absolute Gasteiger partial charge is 0.381 e. The second kappa shape index (κ2) is 7.85. The van der Waals surface area contributed by atoms with Crippen molar-refractivity contribution in [3.63, 3.8) is 0 Å². The highest BCUT2D eigenvalue weighted by Gasteiger charge is 2.33. The summed E-state index contributed by atoms with van der Waals surface area (Å²) in [5.74, 6) is -4.08. The Kier molecular flexibility index (Phi) is 6.06. The minimum absolute atomic E-state index is 0.0525. The van der Waals surface area contributed by atoms with Gasteiger partial charge in [-0.25, -0.2) is 18.0 Å². The highest BCUT2D eigenvalue weighted by atomic mass is 19.2. The Hall–Kier alpha value is -1.80. The van der Waals surface area contributed by atoms with E-state index in [4.69, 9.17) is 9.47 Å². The Morgan fingerprint density at radius 3 is 2.42 bits per heavy atom. The molecule has 0 aromatic heterocycles. The summed E-state index contributed by atoms with van der Waals surface area (Å²) in [6, 6.07) is 1.33. The number of carbonyl (C=O) groups excluding carboxylic acids is 1. The summed E-state index contributed by atoms with van der Waals surface area (Å²) in [6.07, 6.45) is 1.34. The van der Waals surface area contributed by atoms with Gasteiger partial charge >= 0.3 is 6.03 Å². The van der Waals surface area contributed by atoms with Gasteiger partial charge in [0.1, 0.15) is 0 Å². The van der Waals surface area contributed by atoms with Crippen LogP contribution in [0.2, 0.25) is 0 Å². The van der Waals surface area contributed by atoms with Crippen molar-refractivity contribution in [2.45, 2.75) is 25.0 Å². The van der Waals surface area contributed by atoms with Crippen molar-refractivity contribution >= 4 is 6.03 Å². The Bertz CT molecular complexity index is 569. The van der Waals surface area contributed by atoms with Gasteiger partial charge in [-0.1, -0.05) is 0 Å². The Labute approximate surface area is 138 Å². The van der Waals surface area contributed by atoms with Crippen molar-refractivity contribution in [2.24, 2.45) is 0 Å². The van der Waals surface area contributed by atoms with Gasteiger partial charge in [0, 0.05) is 53.3 Å². The lowest BCUT2D eigenvalue weighted by Gasteiger charge is -2.36. The number of rotatable bonds is 5. The van der Waals surface area contributed by atoms with Crippen molar-refractivity contribution in [2.75, 3.05) is 33.9 Å². The van der Waals surface area contributed by atoms with Crippen LogP contribution in [0.25, 0.3) is 0 Å². The van der Waals surface area contributed by atoms with E-state index in [0.29, 0.717) is 32.6 Å². The third-order valence-corrected chi connectivity index (χ3v) is 4.21. The van der Waals surface area contributed by atoms with E-state index in [-0.39, 0.29) is 12.1 Å². The normalized spacial score (nSPS) is 16.7. The third kappa shape index (κ3) is 4.39. The minimum Gasteiger partial charge on any atom is -0.381 e. The van der Waals surface area contributed by atoms with Gasteiger partial charge in [0.05, 0.1) is 5.60 Å². The van der Waals surface area contributed by atoms with Crippen LogP contribution in [-0.4, -0.2) is 50.4 Å². The maximum absolute atomic E-state index is 13.2. The molecule has 1 heterocycles. The van der Waals surface area contributed by atoms with Gasteiger partial charge in [0.2, 0.25) is 0 Å². The first-order chi connectivity index (χ1) is 11.4. The molecule has 2 rings (SSSR count). The van der Waals surface area contributed by atoms with Gasteiger partial charge in [0.25, 0.3) is 0 Å². The molecule has 134 valence electrons. The van der Waals surface area contributed by atoms with Crippen molar-refractivity contribution in [1.82, 2.24) is 10.2 Å². The van der Waals surface area contributed by atoms with Crippen LogP contribution in [0.1, 0.15) is 18.4 Å². The van der Waals surface area contributed by atoms with E-state index in [2.05, 4.69) is 5.32 Å². The maximum atomic E-state index is 13.2. The molecule has 0 radical (unpaired) electrons. The van der Waals surface area contributed by atoms with E-state index in [0.717, 1.165) is 12.1 Å². The Balaban J connectivity index is 1.92. The molecule has 0 unspecified atom stereocenters. The molecule has 0 bridgehead atoms. The van der Waals surface area contributed by atoms with Crippen LogP contribution in [-0.2, 0) is 16.0 Å². The summed E-state index contributed by atoms with van der Waals surface area (Å²) in [4.78, 5) is 13.4. The first kappa shape index (κ1) is 18.5. The standard InChI is InChI=1S/C16H21F3N2O3/c1-21(9-11-7-12(17)14(19)13(18)8-11)15(22)20-10-16(23-2)3-5-24-6-4-16/h7-8H,3-6,9-10H2,1-2H3,(H,20,22). The fourth-order valence-electron chi connectivity index (χ4n) is 2.61. The van der Waals surface area contributed by atoms with E-state index < -0.39 is 29.1 Å². The summed E-state index contributed by atoms with van der Waals surface area (Å²) in [5, 5.41) is 2.75. The maximum Gasteiger partial charge on any atom is 0.317 e. The Morgan fingerprint density at radius 1 is 1.29 bits per heavy atom. The lowest BCUT2D eigenvalue weighted by atomic mass is 9.94.